The Balaban J connectivity index is 1.65. The third-order valence-corrected chi connectivity index (χ3v) is 6.97. The third kappa shape index (κ3) is 5.95. The van der Waals surface area contributed by atoms with Gasteiger partial charge in [-0.25, -0.2) is 4.98 Å². The van der Waals surface area contributed by atoms with Crippen molar-refractivity contribution in [2.75, 3.05) is 36.4 Å². The van der Waals surface area contributed by atoms with Crippen LogP contribution in [0.5, 0.6) is 5.88 Å². The van der Waals surface area contributed by atoms with Crippen LogP contribution < -0.4 is 10.2 Å². The van der Waals surface area contributed by atoms with Gasteiger partial charge in [0.05, 0.1) is 5.39 Å². The molecule has 0 aliphatic carbocycles. The zero-order valence-electron chi connectivity index (χ0n) is 23.0. The normalized spacial score (nSPS) is 15.1. The molecule has 1 aliphatic rings. The molecule has 0 saturated carbocycles. The minimum Gasteiger partial charge on any atom is -0.493 e. The van der Waals surface area contributed by atoms with Crippen molar-refractivity contribution in [2.45, 2.75) is 66.5 Å². The molecule has 0 atom stereocenters. The van der Waals surface area contributed by atoms with Crippen LogP contribution in [0.2, 0.25) is 5.02 Å². The van der Waals surface area contributed by atoms with E-state index >= 15 is 0 Å². The maximum atomic E-state index is 12.8. The topological polar surface area (TPSA) is 86.5 Å². The summed E-state index contributed by atoms with van der Waals surface area (Å²) in [6, 6.07) is 7.94. The first-order valence-electron chi connectivity index (χ1n) is 12.9. The Morgan fingerprint density at radius 1 is 1.05 bits per heavy atom. The molecular formula is C28H39ClN6O2. The lowest BCUT2D eigenvalue weighted by atomic mass is 9.94. The smallest absolute Gasteiger partial charge is 0.228 e. The number of carbonyl (C=O) groups is 1. The van der Waals surface area contributed by atoms with Gasteiger partial charge in [-0.15, -0.1) is 0 Å². The number of rotatable bonds is 6. The van der Waals surface area contributed by atoms with E-state index in [1.807, 2.05) is 74.5 Å². The molecule has 2 N–H and O–H groups in total. The first-order chi connectivity index (χ1) is 17.2. The van der Waals surface area contributed by atoms with Crippen molar-refractivity contribution in [3.8, 4) is 5.88 Å². The zero-order valence-corrected chi connectivity index (χ0v) is 23.7. The first-order valence-corrected chi connectivity index (χ1v) is 13.3. The van der Waals surface area contributed by atoms with Crippen molar-refractivity contribution in [1.82, 2.24) is 19.4 Å². The van der Waals surface area contributed by atoms with Gasteiger partial charge in [0.15, 0.2) is 0 Å². The molecule has 3 heterocycles. The van der Waals surface area contributed by atoms with Crippen molar-refractivity contribution in [3.05, 3.63) is 41.0 Å². The number of aromatic hydroxyl groups is 1. The second kappa shape index (κ2) is 10.0. The Bertz CT molecular complexity index is 1270. The molecule has 2 aromatic heterocycles. The van der Waals surface area contributed by atoms with Crippen LogP contribution in [-0.4, -0.2) is 62.2 Å². The summed E-state index contributed by atoms with van der Waals surface area (Å²) in [7, 11) is 0. The van der Waals surface area contributed by atoms with E-state index in [4.69, 9.17) is 21.6 Å². The summed E-state index contributed by atoms with van der Waals surface area (Å²) in [6.45, 7) is 16.6. The molecule has 1 aliphatic heterocycles. The van der Waals surface area contributed by atoms with E-state index in [-0.39, 0.29) is 23.4 Å². The summed E-state index contributed by atoms with van der Waals surface area (Å²) in [4.78, 5) is 26.5. The molecule has 1 fully saturated rings. The number of nitrogens with zero attached hydrogens (tertiary/aromatic N) is 5. The highest BCUT2D eigenvalue weighted by molar-refractivity contribution is 6.30. The molecule has 0 spiro atoms. The van der Waals surface area contributed by atoms with E-state index in [2.05, 4.69) is 24.1 Å². The van der Waals surface area contributed by atoms with Crippen LogP contribution in [0.15, 0.2) is 30.5 Å². The number of nitrogens with one attached hydrogen (secondary N) is 1. The van der Waals surface area contributed by atoms with Gasteiger partial charge < -0.3 is 24.8 Å². The molecule has 1 amide bonds. The summed E-state index contributed by atoms with van der Waals surface area (Å²) in [5.41, 5.74) is 0.946. The third-order valence-electron chi connectivity index (χ3n) is 6.72. The number of carbonyl (C=O) groups excluding carboxylic acids is 1. The van der Waals surface area contributed by atoms with Gasteiger partial charge in [-0.2, -0.15) is 4.98 Å². The van der Waals surface area contributed by atoms with Crippen LogP contribution in [0.1, 0.15) is 60.1 Å². The van der Waals surface area contributed by atoms with Gasteiger partial charge in [-0.1, -0.05) is 44.5 Å². The summed E-state index contributed by atoms with van der Waals surface area (Å²) in [5, 5.41) is 16.2. The van der Waals surface area contributed by atoms with Gasteiger partial charge in [0.2, 0.25) is 17.7 Å². The Labute approximate surface area is 224 Å². The van der Waals surface area contributed by atoms with E-state index in [1.165, 1.54) is 0 Å². The van der Waals surface area contributed by atoms with Crippen LogP contribution >= 0.6 is 11.6 Å². The summed E-state index contributed by atoms with van der Waals surface area (Å²) >= 11 is 6.08. The average molecular weight is 527 g/mol. The van der Waals surface area contributed by atoms with Crippen molar-refractivity contribution in [1.29, 1.82) is 0 Å². The van der Waals surface area contributed by atoms with E-state index in [9.17, 15) is 9.90 Å². The van der Waals surface area contributed by atoms with E-state index in [0.717, 1.165) is 17.4 Å². The quantitative estimate of drug-likeness (QED) is 0.441. The maximum absolute atomic E-state index is 12.8. The van der Waals surface area contributed by atoms with Crippen molar-refractivity contribution in [3.63, 3.8) is 0 Å². The van der Waals surface area contributed by atoms with E-state index in [1.54, 1.807) is 0 Å². The largest absolute Gasteiger partial charge is 0.493 e. The predicted molar refractivity (Wildman–Crippen MR) is 151 cm³/mol. The Kier molecular flexibility index (Phi) is 7.34. The zero-order chi connectivity index (χ0) is 27.1. The molecule has 1 aromatic carbocycles. The average Bonchev–Trinajstić information content (AvgIpc) is 3.16. The number of hydrogen-bond donors (Lipinski definition) is 2. The molecule has 0 unspecified atom stereocenters. The highest BCUT2D eigenvalue weighted by Crippen LogP contribution is 2.35. The second-order valence-electron chi connectivity index (χ2n) is 11.9. The number of aromatic nitrogens is 3. The molecule has 4 rings (SSSR count). The molecule has 8 nitrogen and oxygen atoms in total. The molecule has 0 radical (unpaired) electrons. The SMILES string of the molecule is CC(C)n1cc2c(NC(C)(C)Cc3ccc(Cl)cc3)nc(N3CCN(C(=O)C(C)(C)C)CC3)nc2c1O. The summed E-state index contributed by atoms with van der Waals surface area (Å²) < 4.78 is 1.82. The molecule has 1 saturated heterocycles. The fourth-order valence-corrected chi connectivity index (χ4v) is 4.89. The molecular weight excluding hydrogens is 488 g/mol. The van der Waals surface area contributed by atoms with Crippen LogP contribution in [0, 0.1) is 5.41 Å². The number of halogens is 1. The second-order valence-corrected chi connectivity index (χ2v) is 12.4. The fraction of sp³-hybridized carbons (Fsp3) is 0.536. The van der Waals surface area contributed by atoms with Crippen LogP contribution in [-0.2, 0) is 11.2 Å². The minimum absolute atomic E-state index is 0.0690. The van der Waals surface area contributed by atoms with E-state index < -0.39 is 5.41 Å². The molecule has 0 bridgehead atoms. The van der Waals surface area contributed by atoms with Gasteiger partial charge in [0.25, 0.3) is 0 Å². The number of piperazine rings is 1. The summed E-state index contributed by atoms with van der Waals surface area (Å²) in [6.07, 6.45) is 2.68. The Morgan fingerprint density at radius 3 is 2.24 bits per heavy atom. The lowest BCUT2D eigenvalue weighted by Gasteiger charge is -2.37. The van der Waals surface area contributed by atoms with Crippen molar-refractivity contribution in [2.24, 2.45) is 5.41 Å². The molecule has 200 valence electrons. The highest BCUT2D eigenvalue weighted by Gasteiger charge is 2.31. The fourth-order valence-electron chi connectivity index (χ4n) is 4.76. The lowest BCUT2D eigenvalue weighted by molar-refractivity contribution is -0.139. The van der Waals surface area contributed by atoms with Crippen molar-refractivity contribution < 1.29 is 9.90 Å². The minimum atomic E-state index is -0.407. The number of anilines is 2. The van der Waals surface area contributed by atoms with Gasteiger partial charge in [-0.05, 0) is 51.8 Å². The van der Waals surface area contributed by atoms with Crippen molar-refractivity contribution >= 4 is 40.2 Å². The first kappa shape index (κ1) is 27.0. The maximum Gasteiger partial charge on any atom is 0.228 e. The number of fused-ring (bicyclic) bond motifs is 1. The van der Waals surface area contributed by atoms with Gasteiger partial charge in [-0.3, -0.25) is 4.79 Å². The number of amides is 1. The van der Waals surface area contributed by atoms with Gasteiger partial charge >= 0.3 is 0 Å². The van der Waals surface area contributed by atoms with Crippen LogP contribution in [0.25, 0.3) is 10.9 Å². The predicted octanol–water partition coefficient (Wildman–Crippen LogP) is 5.50. The van der Waals surface area contributed by atoms with Crippen LogP contribution in [0.4, 0.5) is 11.8 Å². The Morgan fingerprint density at radius 2 is 1.68 bits per heavy atom. The Hall–Kier alpha value is -3.00. The standard InChI is InChI=1S/C28H39ClN6O2/c1-18(2)35-17-21-22(24(35)36)30-26(34-14-12-33(13-15-34)25(37)27(3,4)5)31-23(21)32-28(6,7)16-19-8-10-20(29)11-9-19/h8-11,17-18,36H,12-16H2,1-7H3,(H,30,31,32). The van der Waals surface area contributed by atoms with Gasteiger partial charge in [0.1, 0.15) is 11.3 Å². The number of benzene rings is 1. The monoisotopic (exact) mass is 526 g/mol. The highest BCUT2D eigenvalue weighted by atomic mass is 35.5. The molecule has 37 heavy (non-hydrogen) atoms. The van der Waals surface area contributed by atoms with E-state index in [0.29, 0.717) is 48.5 Å². The van der Waals surface area contributed by atoms with Gasteiger partial charge in [0, 0.05) is 54.4 Å². The molecule has 3 aromatic rings. The number of hydrogen-bond acceptors (Lipinski definition) is 6. The van der Waals surface area contributed by atoms with Crippen LogP contribution in [0.3, 0.4) is 0 Å². The molecule has 9 heteroatoms. The lowest BCUT2D eigenvalue weighted by Crippen LogP contribution is -2.52. The summed E-state index contributed by atoms with van der Waals surface area (Å²) in [5.74, 6) is 1.52.